The van der Waals surface area contributed by atoms with E-state index >= 15 is 0 Å². The molecule has 1 atom stereocenters. The maximum Gasteiger partial charge on any atom is 0.419 e. The Bertz CT molecular complexity index is 1430. The zero-order valence-electron chi connectivity index (χ0n) is 19.3. The van der Waals surface area contributed by atoms with E-state index in [4.69, 9.17) is 27.9 Å². The fraction of sp³-hybridized carbons (Fsp3) is 0.304. The summed E-state index contributed by atoms with van der Waals surface area (Å²) in [5, 5.41) is 0.572. The number of thiophene rings is 1. The minimum atomic E-state index is -4.67. The summed E-state index contributed by atoms with van der Waals surface area (Å²) in [5.41, 5.74) is -0.224. The predicted molar refractivity (Wildman–Crippen MR) is 146 cm³/mol. The molecular weight excluding hydrogens is 656 g/mol. The number of hydrogen-bond donors (Lipinski definition) is 1. The minimum absolute atomic E-state index is 0.000987. The molecule has 0 spiro atoms. The van der Waals surface area contributed by atoms with E-state index in [1.807, 2.05) is 24.9 Å². The lowest BCUT2D eigenvalue weighted by molar-refractivity contribution is -0.139. The summed E-state index contributed by atoms with van der Waals surface area (Å²) in [6.45, 7) is 3.01. The van der Waals surface area contributed by atoms with Crippen molar-refractivity contribution in [3.8, 4) is 5.75 Å². The van der Waals surface area contributed by atoms with E-state index in [0.717, 1.165) is 40.0 Å². The van der Waals surface area contributed by atoms with E-state index in [9.17, 15) is 21.6 Å². The van der Waals surface area contributed by atoms with Crippen LogP contribution in [0.15, 0.2) is 54.9 Å². The number of sulfonamides is 1. The first-order valence-corrected chi connectivity index (χ1v) is 15.4. The van der Waals surface area contributed by atoms with Gasteiger partial charge < -0.3 is 9.64 Å². The smallest absolute Gasteiger partial charge is 0.419 e. The Kier molecular flexibility index (Phi) is 8.69. The van der Waals surface area contributed by atoms with Crippen LogP contribution in [0.2, 0.25) is 9.36 Å². The normalized spacial score (nSPS) is 16.8. The average Bonchev–Trinajstić information content (AvgIpc) is 3.32. The lowest BCUT2D eigenvalue weighted by atomic mass is 10.1. The molecule has 1 aromatic heterocycles. The molecule has 2 aromatic carbocycles. The maximum atomic E-state index is 13.6. The topological polar surface area (TPSA) is 58.6 Å². The molecule has 0 bridgehead atoms. The van der Waals surface area contributed by atoms with Crippen LogP contribution in [0.3, 0.4) is 0 Å². The molecule has 0 unspecified atom stereocenters. The molecule has 1 saturated heterocycles. The van der Waals surface area contributed by atoms with Crippen molar-refractivity contribution in [3.63, 3.8) is 0 Å². The molecule has 0 aliphatic carbocycles. The Labute approximate surface area is 239 Å². The largest absolute Gasteiger partial charge is 0.488 e. The fourth-order valence-electron chi connectivity index (χ4n) is 3.73. The summed E-state index contributed by atoms with van der Waals surface area (Å²) < 4.78 is 76.3. The van der Waals surface area contributed by atoms with E-state index in [1.165, 1.54) is 11.8 Å². The first kappa shape index (κ1) is 28.8. The van der Waals surface area contributed by atoms with Gasteiger partial charge in [0.2, 0.25) is 0 Å². The third-order valence-corrected chi connectivity index (χ3v) is 12.0. The van der Waals surface area contributed by atoms with Gasteiger partial charge in [-0.2, -0.15) is 13.2 Å². The van der Waals surface area contributed by atoms with Crippen molar-refractivity contribution in [2.24, 2.45) is 0 Å². The molecule has 5 nitrogen and oxygen atoms in total. The zero-order chi connectivity index (χ0) is 27.1. The van der Waals surface area contributed by atoms with Crippen LogP contribution in [0.1, 0.15) is 17.5 Å². The molecule has 0 amide bonds. The summed E-state index contributed by atoms with van der Waals surface area (Å²) >= 11 is 18.2. The van der Waals surface area contributed by atoms with Crippen molar-refractivity contribution in [2.45, 2.75) is 39.6 Å². The van der Waals surface area contributed by atoms with Crippen LogP contribution in [-0.2, 0) is 16.2 Å². The average molecular weight is 676 g/mol. The molecular formula is C23H20BrCl2F3N2O3S3. The number of rotatable bonds is 7. The maximum absolute atomic E-state index is 13.6. The number of benzene rings is 2. The molecule has 2 heterocycles. The van der Waals surface area contributed by atoms with Crippen LogP contribution in [0, 0.1) is 6.92 Å². The molecule has 1 aliphatic heterocycles. The molecule has 0 radical (unpaired) electrons. The SMILES string of the molecule is Cc1c(Cl)cccc1Sc1sc(Cl)c(S(=O)(=O)Nc2ccc(C(F)(F)F)c(O[C@@H]3CCN(C)C3)c2)c1Br. The molecule has 14 heteroatoms. The number of alkyl halides is 3. The number of ether oxygens (including phenoxy) is 1. The lowest BCUT2D eigenvalue weighted by Crippen LogP contribution is -2.23. The van der Waals surface area contributed by atoms with Crippen LogP contribution in [0.4, 0.5) is 18.9 Å². The molecule has 1 fully saturated rings. The van der Waals surface area contributed by atoms with Gasteiger partial charge in [-0.3, -0.25) is 4.72 Å². The Hall–Kier alpha value is -1.15. The first-order valence-electron chi connectivity index (χ1n) is 10.8. The standard InChI is InChI=1S/C23H20BrCl2F3N2O3S3/c1-12-16(25)4-3-5-18(12)35-22-19(24)20(21(26)36-22)37(32,33)30-13-6-7-15(23(27,28)29)17(10-13)34-14-8-9-31(2)11-14/h3-7,10,14,30H,8-9,11H2,1-2H3/t14-/m1/s1. The highest BCUT2D eigenvalue weighted by molar-refractivity contribution is 9.10. The Balaban J connectivity index is 1.63. The summed E-state index contributed by atoms with van der Waals surface area (Å²) in [4.78, 5) is 2.56. The van der Waals surface area contributed by atoms with E-state index in [0.29, 0.717) is 28.7 Å². The van der Waals surface area contributed by atoms with Crippen molar-refractivity contribution in [3.05, 3.63) is 61.4 Å². The number of likely N-dealkylation sites (N-methyl/N-ethyl adjacent to an activating group) is 1. The second kappa shape index (κ2) is 11.1. The zero-order valence-corrected chi connectivity index (χ0v) is 24.9. The Morgan fingerprint density at radius 1 is 1.24 bits per heavy atom. The quantitative estimate of drug-likeness (QED) is 0.274. The van der Waals surface area contributed by atoms with Gasteiger partial charge in [0.25, 0.3) is 10.0 Å². The third kappa shape index (κ3) is 6.54. The second-order valence-corrected chi connectivity index (χ2v) is 14.1. The van der Waals surface area contributed by atoms with Crippen LogP contribution in [0.5, 0.6) is 5.75 Å². The van der Waals surface area contributed by atoms with Crippen molar-refractivity contribution in [1.29, 1.82) is 0 Å². The van der Waals surface area contributed by atoms with Gasteiger partial charge in [0, 0.05) is 29.1 Å². The van der Waals surface area contributed by atoms with Crippen molar-refractivity contribution in [1.82, 2.24) is 4.90 Å². The van der Waals surface area contributed by atoms with Gasteiger partial charge in [-0.25, -0.2) is 8.42 Å². The van der Waals surface area contributed by atoms with E-state index < -0.39 is 33.6 Å². The Morgan fingerprint density at radius 3 is 2.62 bits per heavy atom. The number of nitrogens with one attached hydrogen (secondary N) is 1. The van der Waals surface area contributed by atoms with Crippen LogP contribution in [-0.4, -0.2) is 39.6 Å². The second-order valence-electron chi connectivity index (χ2n) is 8.38. The van der Waals surface area contributed by atoms with Gasteiger partial charge in [-0.05, 0) is 66.2 Å². The molecule has 4 rings (SSSR count). The van der Waals surface area contributed by atoms with Crippen molar-refractivity contribution in [2.75, 3.05) is 24.9 Å². The number of nitrogens with zero attached hydrogens (tertiary/aromatic N) is 1. The van der Waals surface area contributed by atoms with Gasteiger partial charge >= 0.3 is 6.18 Å². The molecule has 1 aliphatic rings. The molecule has 3 aromatic rings. The van der Waals surface area contributed by atoms with E-state index in [1.54, 1.807) is 12.1 Å². The summed E-state index contributed by atoms with van der Waals surface area (Å²) in [6.07, 6.45) is -4.54. The number of halogens is 6. The summed E-state index contributed by atoms with van der Waals surface area (Å²) in [7, 11) is -2.42. The van der Waals surface area contributed by atoms with Crippen molar-refractivity contribution < 1.29 is 26.3 Å². The summed E-state index contributed by atoms with van der Waals surface area (Å²) in [5.74, 6) is -0.434. The van der Waals surface area contributed by atoms with Gasteiger partial charge in [-0.15, -0.1) is 11.3 Å². The molecule has 37 heavy (non-hydrogen) atoms. The minimum Gasteiger partial charge on any atom is -0.488 e. The molecule has 1 N–H and O–H groups in total. The van der Waals surface area contributed by atoms with Gasteiger partial charge in [0.05, 0.1) is 19.9 Å². The highest BCUT2D eigenvalue weighted by Crippen LogP contribution is 2.49. The Morgan fingerprint density at radius 2 is 1.97 bits per heavy atom. The number of hydrogen-bond acceptors (Lipinski definition) is 6. The fourth-order valence-corrected chi connectivity index (χ4v) is 10.0. The van der Waals surface area contributed by atoms with E-state index in [2.05, 4.69) is 20.7 Å². The predicted octanol–water partition coefficient (Wildman–Crippen LogP) is 8.18. The highest BCUT2D eigenvalue weighted by Gasteiger charge is 2.36. The third-order valence-electron chi connectivity index (χ3n) is 5.61. The van der Waals surface area contributed by atoms with Crippen LogP contribution >= 0.6 is 62.2 Å². The van der Waals surface area contributed by atoms with Crippen LogP contribution in [0.25, 0.3) is 0 Å². The monoisotopic (exact) mass is 674 g/mol. The molecule has 200 valence electrons. The van der Waals surface area contributed by atoms with Gasteiger partial charge in [0.15, 0.2) is 0 Å². The number of likely N-dealkylation sites (tertiary alicyclic amines) is 1. The summed E-state index contributed by atoms with van der Waals surface area (Å²) in [6, 6.07) is 8.30. The van der Waals surface area contributed by atoms with Crippen molar-refractivity contribution >= 4 is 77.9 Å². The number of anilines is 1. The van der Waals surface area contributed by atoms with Gasteiger partial charge in [0.1, 0.15) is 21.1 Å². The van der Waals surface area contributed by atoms with Gasteiger partial charge in [-0.1, -0.05) is 41.0 Å². The van der Waals surface area contributed by atoms with Crippen LogP contribution < -0.4 is 9.46 Å². The molecule has 0 saturated carbocycles. The highest BCUT2D eigenvalue weighted by atomic mass is 79.9. The van der Waals surface area contributed by atoms with E-state index in [-0.39, 0.29) is 19.4 Å². The first-order chi connectivity index (χ1) is 17.3. The lowest BCUT2D eigenvalue weighted by Gasteiger charge is -2.19.